The molecule has 0 spiro atoms. The van der Waals surface area contributed by atoms with Gasteiger partial charge in [-0.3, -0.25) is 9.69 Å². The quantitative estimate of drug-likeness (QED) is 0.317. The molecule has 0 unspecified atom stereocenters. The van der Waals surface area contributed by atoms with Crippen molar-refractivity contribution < 1.29 is 4.79 Å². The molecule has 1 heterocycles. The number of carbonyl (C=O) groups is 1. The van der Waals surface area contributed by atoms with Crippen LogP contribution in [-0.2, 0) is 6.42 Å². The van der Waals surface area contributed by atoms with Crippen LogP contribution in [0, 0.1) is 0 Å². The van der Waals surface area contributed by atoms with E-state index in [0.29, 0.717) is 6.54 Å². The fourth-order valence-corrected chi connectivity index (χ4v) is 5.17. The Kier molecular flexibility index (Phi) is 10.3. The van der Waals surface area contributed by atoms with Gasteiger partial charge >= 0.3 is 0 Å². The molecule has 0 atom stereocenters. The van der Waals surface area contributed by atoms with Crippen molar-refractivity contribution in [2.45, 2.75) is 39.0 Å². The number of carbonyl (C=O) groups excluding carboxylic acids is 1. The Morgan fingerprint density at radius 2 is 1.81 bits per heavy atom. The third-order valence-corrected chi connectivity index (χ3v) is 7.17. The van der Waals surface area contributed by atoms with Crippen molar-refractivity contribution in [3.63, 3.8) is 0 Å². The molecule has 3 aromatic rings. The number of aromatic nitrogens is 1. The van der Waals surface area contributed by atoms with Crippen LogP contribution in [0.4, 0.5) is 5.13 Å². The number of thioether (sulfide) groups is 1. The molecule has 1 aromatic heterocycles. The van der Waals surface area contributed by atoms with Gasteiger partial charge in [-0.05, 0) is 61.2 Å². The number of thiazole rings is 1. The minimum atomic E-state index is 0. The maximum Gasteiger partial charge on any atom is 0.260 e. The smallest absolute Gasteiger partial charge is 0.260 e. The van der Waals surface area contributed by atoms with Gasteiger partial charge in [0.2, 0.25) is 0 Å². The molecule has 0 N–H and O–H groups in total. The maximum absolute atomic E-state index is 13.6. The summed E-state index contributed by atoms with van der Waals surface area (Å²) in [6.07, 6.45) is 0.996. The Bertz CT molecular complexity index is 988. The molecule has 31 heavy (non-hydrogen) atoms. The summed E-state index contributed by atoms with van der Waals surface area (Å²) >= 11 is 3.37. The summed E-state index contributed by atoms with van der Waals surface area (Å²) in [7, 11) is 0. The highest BCUT2D eigenvalue weighted by Gasteiger charge is 2.22. The number of likely N-dealkylation sites (N-methyl/N-ethyl adjacent to an activating group) is 1. The molecule has 7 heteroatoms. The molecule has 168 valence electrons. The largest absolute Gasteiger partial charge is 0.302 e. The van der Waals surface area contributed by atoms with Crippen molar-refractivity contribution in [1.29, 1.82) is 0 Å². The average Bonchev–Trinajstić information content (AvgIpc) is 3.19. The van der Waals surface area contributed by atoms with Crippen molar-refractivity contribution in [1.82, 2.24) is 9.88 Å². The number of hydrogen-bond acceptors (Lipinski definition) is 5. The third-order valence-electron chi connectivity index (χ3n) is 5.25. The summed E-state index contributed by atoms with van der Waals surface area (Å²) in [4.78, 5) is 23.7. The Labute approximate surface area is 200 Å². The Morgan fingerprint density at radius 3 is 2.48 bits per heavy atom. The Hall–Kier alpha value is -1.60. The van der Waals surface area contributed by atoms with Crippen LogP contribution in [0.1, 0.15) is 43.6 Å². The number of halogens is 1. The number of amides is 1. The van der Waals surface area contributed by atoms with Crippen LogP contribution in [0.5, 0.6) is 0 Å². The molecule has 0 bridgehead atoms. The van der Waals surface area contributed by atoms with Gasteiger partial charge < -0.3 is 4.90 Å². The second-order valence-electron chi connectivity index (χ2n) is 7.10. The minimum absolute atomic E-state index is 0. The van der Waals surface area contributed by atoms with Crippen LogP contribution in [0.3, 0.4) is 0 Å². The number of anilines is 1. The second kappa shape index (κ2) is 12.4. The predicted octanol–water partition coefficient (Wildman–Crippen LogP) is 6.38. The zero-order valence-corrected chi connectivity index (χ0v) is 21.2. The predicted molar refractivity (Wildman–Crippen MR) is 139 cm³/mol. The summed E-state index contributed by atoms with van der Waals surface area (Å²) in [6.45, 7) is 12.0. The molecule has 3 rings (SSSR count). The van der Waals surface area contributed by atoms with E-state index in [-0.39, 0.29) is 18.3 Å². The van der Waals surface area contributed by atoms with E-state index in [2.05, 4.69) is 56.9 Å². The highest BCUT2D eigenvalue weighted by atomic mass is 35.5. The van der Waals surface area contributed by atoms with Crippen LogP contribution in [0.2, 0.25) is 0 Å². The number of fused-ring (bicyclic) bond motifs is 1. The van der Waals surface area contributed by atoms with Crippen molar-refractivity contribution in [3.05, 3.63) is 53.6 Å². The number of rotatable bonds is 10. The normalized spacial score (nSPS) is 11.0. The van der Waals surface area contributed by atoms with Crippen molar-refractivity contribution in [2.24, 2.45) is 0 Å². The van der Waals surface area contributed by atoms with Crippen molar-refractivity contribution in [3.8, 4) is 0 Å². The highest BCUT2D eigenvalue weighted by Crippen LogP contribution is 2.31. The van der Waals surface area contributed by atoms with Crippen molar-refractivity contribution in [2.75, 3.05) is 36.8 Å². The first kappa shape index (κ1) is 25.7. The molecule has 0 aliphatic heterocycles. The highest BCUT2D eigenvalue weighted by molar-refractivity contribution is 7.99. The van der Waals surface area contributed by atoms with Gasteiger partial charge in [0.15, 0.2) is 5.13 Å². The number of aryl methyl sites for hydroxylation is 1. The Morgan fingerprint density at radius 1 is 1.03 bits per heavy atom. The van der Waals surface area contributed by atoms with E-state index in [1.165, 1.54) is 5.56 Å². The molecular formula is C24H32ClN3OS2. The molecular weight excluding hydrogens is 446 g/mol. The van der Waals surface area contributed by atoms with E-state index in [1.807, 2.05) is 23.1 Å². The van der Waals surface area contributed by atoms with Gasteiger partial charge in [-0.25, -0.2) is 4.98 Å². The lowest BCUT2D eigenvalue weighted by atomic mass is 10.2. The summed E-state index contributed by atoms with van der Waals surface area (Å²) in [5.74, 6) is 1.01. The summed E-state index contributed by atoms with van der Waals surface area (Å²) in [6, 6.07) is 14.3. The minimum Gasteiger partial charge on any atom is -0.302 e. The van der Waals surface area contributed by atoms with Crippen LogP contribution in [0.25, 0.3) is 10.2 Å². The molecule has 0 aliphatic carbocycles. The van der Waals surface area contributed by atoms with Crippen molar-refractivity contribution >= 4 is 56.8 Å². The molecule has 0 aliphatic rings. The molecule has 2 aromatic carbocycles. The SMILES string of the molecule is CCSc1cccc(C(=O)N(CCN(CC)CC)c2nc3ccc(CC)cc3s2)c1.Cl. The monoisotopic (exact) mass is 477 g/mol. The number of benzene rings is 2. The first-order valence-electron chi connectivity index (χ1n) is 10.8. The van der Waals surface area contributed by atoms with E-state index in [1.54, 1.807) is 23.1 Å². The van der Waals surface area contributed by atoms with Crippen LogP contribution < -0.4 is 4.90 Å². The number of hydrogen-bond donors (Lipinski definition) is 0. The lowest BCUT2D eigenvalue weighted by molar-refractivity contribution is 0.0983. The summed E-state index contributed by atoms with van der Waals surface area (Å²) in [5.41, 5.74) is 2.98. The lowest BCUT2D eigenvalue weighted by Gasteiger charge is -2.25. The molecule has 0 fully saturated rings. The van der Waals surface area contributed by atoms with Gasteiger partial charge in [0.1, 0.15) is 0 Å². The molecule has 1 amide bonds. The van der Waals surface area contributed by atoms with Gasteiger partial charge in [0.05, 0.1) is 10.2 Å². The van der Waals surface area contributed by atoms with E-state index in [4.69, 9.17) is 4.98 Å². The average molecular weight is 478 g/mol. The van der Waals surface area contributed by atoms with Gasteiger partial charge in [-0.1, -0.05) is 51.2 Å². The standard InChI is InChI=1S/C24H31N3OS2.ClH/c1-5-18-12-13-21-22(16-18)30-24(25-21)27(15-14-26(6-2)7-3)23(28)19-10-9-11-20(17-19)29-8-4;/h9-13,16-17H,5-8,14-15H2,1-4H3;1H. The number of nitrogens with zero attached hydrogens (tertiary/aromatic N) is 3. The van der Waals surface area contributed by atoms with Gasteiger partial charge in [-0.15, -0.1) is 24.2 Å². The Balaban J connectivity index is 0.00000341. The zero-order valence-electron chi connectivity index (χ0n) is 18.8. The van der Waals surface area contributed by atoms with Gasteiger partial charge in [-0.2, -0.15) is 0 Å². The van der Waals surface area contributed by atoms with E-state index in [0.717, 1.165) is 57.6 Å². The van der Waals surface area contributed by atoms with E-state index < -0.39 is 0 Å². The third kappa shape index (κ3) is 6.45. The zero-order chi connectivity index (χ0) is 21.5. The second-order valence-corrected chi connectivity index (χ2v) is 9.44. The van der Waals surface area contributed by atoms with Crippen LogP contribution >= 0.6 is 35.5 Å². The molecule has 0 radical (unpaired) electrons. The topological polar surface area (TPSA) is 36.4 Å². The van der Waals surface area contributed by atoms with E-state index >= 15 is 0 Å². The fraction of sp³-hybridized carbons (Fsp3) is 0.417. The lowest BCUT2D eigenvalue weighted by Crippen LogP contribution is -2.38. The summed E-state index contributed by atoms with van der Waals surface area (Å²) in [5, 5.41) is 0.781. The van der Waals surface area contributed by atoms with Crippen LogP contribution in [-0.4, -0.2) is 47.7 Å². The summed E-state index contributed by atoms with van der Waals surface area (Å²) < 4.78 is 1.14. The van der Waals surface area contributed by atoms with Crippen LogP contribution in [0.15, 0.2) is 47.4 Å². The first-order chi connectivity index (χ1) is 14.6. The van der Waals surface area contributed by atoms with Gasteiger partial charge in [0.25, 0.3) is 5.91 Å². The fourth-order valence-electron chi connectivity index (χ4n) is 3.40. The first-order valence-corrected chi connectivity index (χ1v) is 12.6. The molecule has 4 nitrogen and oxygen atoms in total. The van der Waals surface area contributed by atoms with E-state index in [9.17, 15) is 4.79 Å². The van der Waals surface area contributed by atoms with Gasteiger partial charge in [0, 0.05) is 23.5 Å². The molecule has 0 saturated carbocycles. The molecule has 0 saturated heterocycles. The maximum atomic E-state index is 13.6.